The summed E-state index contributed by atoms with van der Waals surface area (Å²) in [6, 6.07) is 27.2. The molecular formula is C26H24N2O. The van der Waals surface area contributed by atoms with Gasteiger partial charge in [0.1, 0.15) is 6.61 Å². The maximum absolute atomic E-state index is 5.90. The van der Waals surface area contributed by atoms with E-state index in [-0.39, 0.29) is 11.5 Å². The number of nitrogens with zero attached hydrogens (tertiary/aromatic N) is 2. The summed E-state index contributed by atoms with van der Waals surface area (Å²) in [5, 5.41) is 0. The highest BCUT2D eigenvalue weighted by atomic mass is 16.5. The molecule has 1 aliphatic heterocycles. The van der Waals surface area contributed by atoms with Crippen LogP contribution in [0.4, 0.5) is 5.69 Å². The van der Waals surface area contributed by atoms with Gasteiger partial charge in [-0.25, -0.2) is 9.98 Å². The summed E-state index contributed by atoms with van der Waals surface area (Å²) < 4.78 is 5.90. The zero-order valence-electron chi connectivity index (χ0n) is 16.8. The standard InChI is InChI=1S/C26H24N2O/c1-26(2)17-29-25(28-26)22-16-21-20(22)14-9-15-23(21)27-24(18-10-5-3-6-11-18)19-12-7-4-8-13-19/h3-15,22H,16-17H2,1-2H3. The molecule has 1 unspecified atom stereocenters. The minimum atomic E-state index is -0.116. The van der Waals surface area contributed by atoms with E-state index >= 15 is 0 Å². The highest BCUT2D eigenvalue weighted by Gasteiger charge is 2.38. The zero-order chi connectivity index (χ0) is 19.8. The molecule has 3 aromatic rings. The van der Waals surface area contributed by atoms with Crippen molar-refractivity contribution in [3.05, 3.63) is 101 Å². The number of aliphatic imine (C=N–C) groups is 2. The number of benzene rings is 3. The Hall–Kier alpha value is -3.20. The van der Waals surface area contributed by atoms with Crippen LogP contribution in [-0.2, 0) is 11.2 Å². The SMILES string of the molecule is CC1(C)COC(C2Cc3c(N=C(c4ccccc4)c4ccccc4)cccc32)=N1. The fourth-order valence-corrected chi connectivity index (χ4v) is 4.05. The van der Waals surface area contributed by atoms with Crippen molar-refractivity contribution in [1.82, 2.24) is 0 Å². The molecule has 0 N–H and O–H groups in total. The third-order valence-electron chi connectivity index (χ3n) is 5.58. The van der Waals surface area contributed by atoms with Crippen molar-refractivity contribution in [2.45, 2.75) is 31.7 Å². The number of fused-ring (bicyclic) bond motifs is 1. The first-order chi connectivity index (χ1) is 14.1. The van der Waals surface area contributed by atoms with Crippen LogP contribution in [0.5, 0.6) is 0 Å². The van der Waals surface area contributed by atoms with Gasteiger partial charge in [-0.1, -0.05) is 72.8 Å². The van der Waals surface area contributed by atoms with E-state index in [0.29, 0.717) is 6.61 Å². The molecule has 1 aliphatic carbocycles. The van der Waals surface area contributed by atoms with E-state index in [1.54, 1.807) is 0 Å². The van der Waals surface area contributed by atoms with Gasteiger partial charge in [0.15, 0.2) is 5.90 Å². The Bertz CT molecular complexity index is 1060. The molecule has 1 heterocycles. The molecule has 3 nitrogen and oxygen atoms in total. The topological polar surface area (TPSA) is 34.0 Å². The summed E-state index contributed by atoms with van der Waals surface area (Å²) in [5.41, 5.74) is 6.77. The molecule has 0 amide bonds. The van der Waals surface area contributed by atoms with Crippen LogP contribution in [0, 0.1) is 0 Å². The Morgan fingerprint density at radius 1 is 0.897 bits per heavy atom. The quantitative estimate of drug-likeness (QED) is 0.534. The van der Waals surface area contributed by atoms with Crippen LogP contribution >= 0.6 is 0 Å². The molecule has 3 aromatic carbocycles. The molecule has 3 heteroatoms. The second-order valence-corrected chi connectivity index (χ2v) is 8.35. The van der Waals surface area contributed by atoms with Gasteiger partial charge < -0.3 is 4.74 Å². The molecule has 0 spiro atoms. The fraction of sp³-hybridized carbons (Fsp3) is 0.231. The van der Waals surface area contributed by atoms with Gasteiger partial charge in [-0.05, 0) is 37.5 Å². The van der Waals surface area contributed by atoms with Crippen molar-refractivity contribution in [3.8, 4) is 0 Å². The maximum Gasteiger partial charge on any atom is 0.192 e. The van der Waals surface area contributed by atoms with E-state index in [1.807, 2.05) is 12.1 Å². The lowest BCUT2D eigenvalue weighted by Gasteiger charge is -2.30. The van der Waals surface area contributed by atoms with Crippen LogP contribution in [-0.4, -0.2) is 23.8 Å². The lowest BCUT2D eigenvalue weighted by molar-refractivity contribution is 0.269. The average Bonchev–Trinajstić information content (AvgIpc) is 3.07. The summed E-state index contributed by atoms with van der Waals surface area (Å²) >= 11 is 0. The van der Waals surface area contributed by atoms with Crippen LogP contribution in [0.2, 0.25) is 0 Å². The molecular weight excluding hydrogens is 356 g/mol. The molecule has 0 radical (unpaired) electrons. The second kappa shape index (κ2) is 7.00. The van der Waals surface area contributed by atoms with Gasteiger partial charge in [0.05, 0.1) is 22.9 Å². The van der Waals surface area contributed by atoms with E-state index in [2.05, 4.69) is 80.6 Å². The largest absolute Gasteiger partial charge is 0.478 e. The molecule has 0 bridgehead atoms. The lowest BCUT2D eigenvalue weighted by Crippen LogP contribution is -2.25. The third-order valence-corrected chi connectivity index (χ3v) is 5.58. The van der Waals surface area contributed by atoms with Crippen molar-refractivity contribution < 1.29 is 4.74 Å². The first kappa shape index (κ1) is 17.9. The van der Waals surface area contributed by atoms with Crippen molar-refractivity contribution >= 4 is 17.3 Å². The fourth-order valence-electron chi connectivity index (χ4n) is 4.05. The van der Waals surface area contributed by atoms with Crippen LogP contribution < -0.4 is 0 Å². The minimum absolute atomic E-state index is 0.116. The average molecular weight is 380 g/mol. The highest BCUT2D eigenvalue weighted by Crippen LogP contribution is 2.43. The molecule has 0 fully saturated rings. The van der Waals surface area contributed by atoms with Gasteiger partial charge in [-0.3, -0.25) is 0 Å². The molecule has 0 saturated carbocycles. The summed E-state index contributed by atoms with van der Waals surface area (Å²) in [6.45, 7) is 4.90. The molecule has 29 heavy (non-hydrogen) atoms. The van der Waals surface area contributed by atoms with Crippen LogP contribution in [0.15, 0.2) is 88.8 Å². The molecule has 2 aliphatic rings. The summed E-state index contributed by atoms with van der Waals surface area (Å²) in [4.78, 5) is 9.92. The van der Waals surface area contributed by atoms with Crippen molar-refractivity contribution in [2.24, 2.45) is 9.98 Å². The van der Waals surface area contributed by atoms with Crippen molar-refractivity contribution in [1.29, 1.82) is 0 Å². The normalized spacial score (nSPS) is 18.8. The van der Waals surface area contributed by atoms with Gasteiger partial charge in [0.25, 0.3) is 0 Å². The maximum atomic E-state index is 5.90. The monoisotopic (exact) mass is 380 g/mol. The smallest absolute Gasteiger partial charge is 0.192 e. The summed E-state index contributed by atoms with van der Waals surface area (Å²) in [6.07, 6.45) is 0.931. The molecule has 1 atom stereocenters. The Labute approximate surface area is 171 Å². The number of ether oxygens (including phenoxy) is 1. The lowest BCUT2D eigenvalue weighted by atomic mass is 9.76. The Morgan fingerprint density at radius 3 is 2.14 bits per heavy atom. The predicted octanol–water partition coefficient (Wildman–Crippen LogP) is 5.70. The number of hydrogen-bond acceptors (Lipinski definition) is 3. The van der Waals surface area contributed by atoms with E-state index in [1.165, 1.54) is 11.1 Å². The molecule has 0 aromatic heterocycles. The number of rotatable bonds is 4. The van der Waals surface area contributed by atoms with E-state index in [9.17, 15) is 0 Å². The first-order valence-corrected chi connectivity index (χ1v) is 10.1. The van der Waals surface area contributed by atoms with Crippen LogP contribution in [0.25, 0.3) is 0 Å². The first-order valence-electron chi connectivity index (χ1n) is 10.1. The summed E-state index contributed by atoms with van der Waals surface area (Å²) in [7, 11) is 0. The zero-order valence-corrected chi connectivity index (χ0v) is 16.8. The van der Waals surface area contributed by atoms with Crippen molar-refractivity contribution in [3.63, 3.8) is 0 Å². The highest BCUT2D eigenvalue weighted by molar-refractivity contribution is 6.14. The Balaban J connectivity index is 1.55. The van der Waals surface area contributed by atoms with E-state index in [4.69, 9.17) is 14.7 Å². The molecule has 144 valence electrons. The number of hydrogen-bond donors (Lipinski definition) is 0. The molecule has 0 saturated heterocycles. The van der Waals surface area contributed by atoms with Crippen LogP contribution in [0.3, 0.4) is 0 Å². The van der Waals surface area contributed by atoms with Gasteiger partial charge in [-0.2, -0.15) is 0 Å². The van der Waals surface area contributed by atoms with Gasteiger partial charge in [0, 0.05) is 11.1 Å². The Morgan fingerprint density at radius 2 is 1.55 bits per heavy atom. The van der Waals surface area contributed by atoms with Gasteiger partial charge in [-0.15, -0.1) is 0 Å². The Kier molecular flexibility index (Phi) is 4.31. The third kappa shape index (κ3) is 3.38. The molecule has 5 rings (SSSR count). The second-order valence-electron chi connectivity index (χ2n) is 8.35. The minimum Gasteiger partial charge on any atom is -0.478 e. The van der Waals surface area contributed by atoms with E-state index < -0.39 is 0 Å². The van der Waals surface area contributed by atoms with Crippen molar-refractivity contribution in [2.75, 3.05) is 6.61 Å². The van der Waals surface area contributed by atoms with Gasteiger partial charge in [0.2, 0.25) is 0 Å². The van der Waals surface area contributed by atoms with E-state index in [0.717, 1.165) is 34.8 Å². The van der Waals surface area contributed by atoms with Crippen LogP contribution in [0.1, 0.15) is 42.0 Å². The summed E-state index contributed by atoms with van der Waals surface area (Å²) in [5.74, 6) is 1.15. The predicted molar refractivity (Wildman–Crippen MR) is 119 cm³/mol. The van der Waals surface area contributed by atoms with Gasteiger partial charge >= 0.3 is 0 Å².